The standard InChI is InChI=1S/C23H23N5O/c1-14-4-2-3-5-17(14)22(29)19-13-26-23-18(19)10-16(12-25-23)21-11-20(27-28-21)15-6-8-24-9-7-15/h2-5,10-13,15,24H,6-9H2,1H3,(H,25,26)(H,27,28). The van der Waals surface area contributed by atoms with Gasteiger partial charge in [0.25, 0.3) is 0 Å². The number of rotatable bonds is 4. The van der Waals surface area contributed by atoms with Crippen LogP contribution >= 0.6 is 0 Å². The lowest BCUT2D eigenvalue weighted by Crippen LogP contribution is -2.26. The molecule has 1 aromatic carbocycles. The molecule has 4 heterocycles. The molecule has 1 saturated heterocycles. The number of ketones is 1. The first-order chi connectivity index (χ1) is 14.2. The molecule has 4 aromatic rings. The second-order valence-electron chi connectivity index (χ2n) is 7.70. The number of aromatic amines is 2. The lowest BCUT2D eigenvalue weighted by Gasteiger charge is -2.20. The molecule has 0 spiro atoms. The van der Waals surface area contributed by atoms with E-state index in [0.717, 1.165) is 48.1 Å². The average molecular weight is 385 g/mol. The molecular weight excluding hydrogens is 362 g/mol. The fraction of sp³-hybridized carbons (Fsp3) is 0.261. The normalized spacial score (nSPS) is 15.1. The van der Waals surface area contributed by atoms with Gasteiger partial charge in [-0.3, -0.25) is 9.89 Å². The van der Waals surface area contributed by atoms with Gasteiger partial charge in [0.2, 0.25) is 0 Å². The van der Waals surface area contributed by atoms with Gasteiger partial charge >= 0.3 is 0 Å². The van der Waals surface area contributed by atoms with Crippen LogP contribution in [0.25, 0.3) is 22.3 Å². The van der Waals surface area contributed by atoms with Crippen molar-refractivity contribution < 1.29 is 4.79 Å². The van der Waals surface area contributed by atoms with Crippen LogP contribution in [0.1, 0.15) is 45.9 Å². The average Bonchev–Trinajstić information content (AvgIpc) is 3.41. The van der Waals surface area contributed by atoms with Crippen LogP contribution < -0.4 is 5.32 Å². The van der Waals surface area contributed by atoms with Crippen LogP contribution in [0.4, 0.5) is 0 Å². The summed E-state index contributed by atoms with van der Waals surface area (Å²) in [6.45, 7) is 4.04. The fourth-order valence-electron chi connectivity index (χ4n) is 4.13. The first kappa shape index (κ1) is 17.8. The van der Waals surface area contributed by atoms with Crippen molar-refractivity contribution in [2.24, 2.45) is 0 Å². The predicted octanol–water partition coefficient (Wildman–Crippen LogP) is 3.96. The minimum atomic E-state index is 0.00530. The number of piperidine rings is 1. The lowest BCUT2D eigenvalue weighted by molar-refractivity contribution is 0.103. The lowest BCUT2D eigenvalue weighted by atomic mass is 9.94. The second kappa shape index (κ2) is 7.29. The highest BCUT2D eigenvalue weighted by Crippen LogP contribution is 2.29. The van der Waals surface area contributed by atoms with Gasteiger partial charge in [-0.15, -0.1) is 0 Å². The highest BCUT2D eigenvalue weighted by atomic mass is 16.1. The molecule has 1 aliphatic heterocycles. The van der Waals surface area contributed by atoms with Crippen LogP contribution in [-0.2, 0) is 0 Å². The number of nitrogens with zero attached hydrogens (tertiary/aromatic N) is 2. The van der Waals surface area contributed by atoms with Crippen molar-refractivity contribution in [3.63, 3.8) is 0 Å². The van der Waals surface area contributed by atoms with Gasteiger partial charge in [-0.1, -0.05) is 24.3 Å². The Morgan fingerprint density at radius 3 is 2.76 bits per heavy atom. The van der Waals surface area contributed by atoms with Gasteiger partial charge in [0.15, 0.2) is 5.78 Å². The minimum absolute atomic E-state index is 0.00530. The second-order valence-corrected chi connectivity index (χ2v) is 7.70. The van der Waals surface area contributed by atoms with Gasteiger partial charge in [0.05, 0.1) is 5.69 Å². The smallest absolute Gasteiger partial charge is 0.195 e. The maximum Gasteiger partial charge on any atom is 0.195 e. The van der Waals surface area contributed by atoms with Crippen molar-refractivity contribution in [3.05, 3.63) is 71.2 Å². The van der Waals surface area contributed by atoms with Crippen LogP contribution in [0.2, 0.25) is 0 Å². The van der Waals surface area contributed by atoms with Gasteiger partial charge in [-0.25, -0.2) is 4.98 Å². The van der Waals surface area contributed by atoms with Crippen LogP contribution in [-0.4, -0.2) is 39.0 Å². The molecule has 3 aromatic heterocycles. The molecule has 0 amide bonds. The first-order valence-electron chi connectivity index (χ1n) is 10.0. The summed E-state index contributed by atoms with van der Waals surface area (Å²) in [5.74, 6) is 0.519. The van der Waals surface area contributed by atoms with E-state index in [1.165, 1.54) is 5.69 Å². The third-order valence-corrected chi connectivity index (χ3v) is 5.84. The van der Waals surface area contributed by atoms with Gasteiger partial charge in [0.1, 0.15) is 5.65 Å². The Balaban J connectivity index is 1.51. The van der Waals surface area contributed by atoms with Gasteiger partial charge < -0.3 is 10.3 Å². The Bertz CT molecular complexity index is 1180. The summed E-state index contributed by atoms with van der Waals surface area (Å²) in [5, 5.41) is 11.9. The zero-order valence-corrected chi connectivity index (χ0v) is 16.3. The third kappa shape index (κ3) is 3.25. The molecular formula is C23H23N5O. The number of hydrogen-bond donors (Lipinski definition) is 3. The summed E-state index contributed by atoms with van der Waals surface area (Å²) in [4.78, 5) is 20.8. The monoisotopic (exact) mass is 385 g/mol. The van der Waals surface area contributed by atoms with Gasteiger partial charge in [-0.05, 0) is 50.6 Å². The van der Waals surface area contributed by atoms with E-state index >= 15 is 0 Å². The van der Waals surface area contributed by atoms with Crippen LogP contribution in [0.3, 0.4) is 0 Å². The maximum atomic E-state index is 13.1. The fourth-order valence-corrected chi connectivity index (χ4v) is 4.13. The molecule has 6 heteroatoms. The number of nitrogens with one attached hydrogen (secondary N) is 3. The number of aromatic nitrogens is 4. The van der Waals surface area contributed by atoms with E-state index in [1.54, 1.807) is 6.20 Å². The summed E-state index contributed by atoms with van der Waals surface area (Å²) in [5.41, 5.74) is 5.97. The number of fused-ring (bicyclic) bond motifs is 1. The highest BCUT2D eigenvalue weighted by molar-refractivity contribution is 6.16. The molecule has 3 N–H and O–H groups in total. The van der Waals surface area contributed by atoms with Crippen molar-refractivity contribution in [1.82, 2.24) is 25.5 Å². The number of aryl methyl sites for hydroxylation is 1. The third-order valence-electron chi connectivity index (χ3n) is 5.84. The van der Waals surface area contributed by atoms with Crippen LogP contribution in [0.5, 0.6) is 0 Å². The van der Waals surface area contributed by atoms with E-state index in [9.17, 15) is 4.79 Å². The minimum Gasteiger partial charge on any atom is -0.345 e. The Labute approximate surface area is 168 Å². The van der Waals surface area contributed by atoms with E-state index in [4.69, 9.17) is 0 Å². The van der Waals surface area contributed by atoms with Crippen molar-refractivity contribution in [3.8, 4) is 11.3 Å². The van der Waals surface area contributed by atoms with Crippen molar-refractivity contribution in [1.29, 1.82) is 0 Å². The first-order valence-corrected chi connectivity index (χ1v) is 10.0. The maximum absolute atomic E-state index is 13.1. The number of carbonyl (C=O) groups excluding carboxylic acids is 1. The molecule has 0 unspecified atom stereocenters. The SMILES string of the molecule is Cc1ccccc1C(=O)c1c[nH]c2ncc(-c3cc(C4CCNCC4)[nH]n3)cc12. The van der Waals surface area contributed by atoms with E-state index < -0.39 is 0 Å². The zero-order valence-electron chi connectivity index (χ0n) is 16.3. The summed E-state index contributed by atoms with van der Waals surface area (Å²) in [6.07, 6.45) is 5.79. The van der Waals surface area contributed by atoms with Crippen LogP contribution in [0, 0.1) is 6.92 Å². The van der Waals surface area contributed by atoms with E-state index in [0.29, 0.717) is 22.7 Å². The van der Waals surface area contributed by atoms with E-state index in [2.05, 4.69) is 31.5 Å². The number of benzene rings is 1. The summed E-state index contributed by atoms with van der Waals surface area (Å²) < 4.78 is 0. The quantitative estimate of drug-likeness (QED) is 0.464. The Morgan fingerprint density at radius 2 is 1.93 bits per heavy atom. The summed E-state index contributed by atoms with van der Waals surface area (Å²) in [7, 11) is 0. The van der Waals surface area contributed by atoms with Crippen molar-refractivity contribution >= 4 is 16.8 Å². The molecule has 0 atom stereocenters. The molecule has 1 aliphatic rings. The van der Waals surface area contributed by atoms with Gasteiger partial charge in [-0.2, -0.15) is 5.10 Å². The molecule has 29 heavy (non-hydrogen) atoms. The molecule has 146 valence electrons. The largest absolute Gasteiger partial charge is 0.345 e. The Morgan fingerprint density at radius 1 is 1.10 bits per heavy atom. The Hall–Kier alpha value is -3.25. The molecule has 0 radical (unpaired) electrons. The van der Waals surface area contributed by atoms with Crippen LogP contribution in [0.15, 0.2) is 48.8 Å². The molecule has 0 saturated carbocycles. The molecule has 1 fully saturated rings. The highest BCUT2D eigenvalue weighted by Gasteiger charge is 2.20. The molecule has 5 rings (SSSR count). The molecule has 0 bridgehead atoms. The summed E-state index contributed by atoms with van der Waals surface area (Å²) >= 11 is 0. The van der Waals surface area contributed by atoms with Crippen molar-refractivity contribution in [2.45, 2.75) is 25.7 Å². The van der Waals surface area contributed by atoms with Crippen molar-refractivity contribution in [2.75, 3.05) is 13.1 Å². The summed E-state index contributed by atoms with van der Waals surface area (Å²) in [6, 6.07) is 11.8. The zero-order chi connectivity index (χ0) is 19.8. The number of H-pyrrole nitrogens is 2. The van der Waals surface area contributed by atoms with Gasteiger partial charge in [0, 0.05) is 46.1 Å². The predicted molar refractivity (Wildman–Crippen MR) is 113 cm³/mol. The topological polar surface area (TPSA) is 86.5 Å². The number of pyridine rings is 1. The van der Waals surface area contributed by atoms with E-state index in [1.807, 2.05) is 43.5 Å². The number of hydrogen-bond acceptors (Lipinski definition) is 4. The van der Waals surface area contributed by atoms with E-state index in [-0.39, 0.29) is 5.78 Å². The molecule has 6 nitrogen and oxygen atoms in total. The molecule has 0 aliphatic carbocycles. The Kier molecular flexibility index (Phi) is 4.48. The number of carbonyl (C=O) groups is 1.